The SMILES string of the molecule is CC(C)(C)c1cc2c(=C(C#N)C#N)c3sc(C(C)(C)C)cc3c(=C(C#N)C#N)c2s1. The fourth-order valence-corrected chi connectivity index (χ4v) is 5.85. The van der Waals surface area contributed by atoms with Gasteiger partial charge in [-0.1, -0.05) is 41.5 Å². The van der Waals surface area contributed by atoms with Gasteiger partial charge in [-0.2, -0.15) is 21.0 Å². The van der Waals surface area contributed by atoms with E-state index in [0.29, 0.717) is 10.4 Å². The largest absolute Gasteiger partial charge is 0.192 e. The highest BCUT2D eigenvalue weighted by Crippen LogP contribution is 2.37. The van der Waals surface area contributed by atoms with Crippen LogP contribution in [0.2, 0.25) is 0 Å². The molecule has 4 nitrogen and oxygen atoms in total. The van der Waals surface area contributed by atoms with Crippen LogP contribution >= 0.6 is 22.7 Å². The zero-order valence-electron chi connectivity index (χ0n) is 17.8. The van der Waals surface area contributed by atoms with E-state index in [-0.39, 0.29) is 22.0 Å². The minimum atomic E-state index is -0.152. The second-order valence-electron chi connectivity index (χ2n) is 9.15. The van der Waals surface area contributed by atoms with Crippen molar-refractivity contribution >= 4 is 54.0 Å². The van der Waals surface area contributed by atoms with Gasteiger partial charge < -0.3 is 0 Å². The maximum atomic E-state index is 9.69. The fourth-order valence-electron chi connectivity index (χ4n) is 3.28. The first-order chi connectivity index (χ1) is 14.0. The zero-order chi connectivity index (χ0) is 22.4. The molecule has 3 rings (SSSR count). The highest BCUT2D eigenvalue weighted by Gasteiger charge is 2.24. The zero-order valence-corrected chi connectivity index (χ0v) is 19.4. The number of fused-ring (bicyclic) bond motifs is 2. The molecule has 0 N–H and O–H groups in total. The van der Waals surface area contributed by atoms with Crippen molar-refractivity contribution in [3.8, 4) is 24.3 Å². The molecule has 0 atom stereocenters. The maximum absolute atomic E-state index is 9.69. The lowest BCUT2D eigenvalue weighted by molar-refractivity contribution is 0.604. The first-order valence-corrected chi connectivity index (χ1v) is 11.0. The van der Waals surface area contributed by atoms with E-state index in [1.807, 2.05) is 12.1 Å². The van der Waals surface area contributed by atoms with Crippen molar-refractivity contribution < 1.29 is 0 Å². The number of benzene rings is 1. The Hall–Kier alpha value is -3.16. The Labute approximate surface area is 183 Å². The Morgan fingerprint density at radius 3 is 1.17 bits per heavy atom. The summed E-state index contributed by atoms with van der Waals surface area (Å²) in [7, 11) is 0. The van der Waals surface area contributed by atoms with Crippen LogP contribution in [0.25, 0.3) is 31.3 Å². The maximum Gasteiger partial charge on any atom is 0.138 e. The molecule has 0 saturated heterocycles. The smallest absolute Gasteiger partial charge is 0.138 e. The summed E-state index contributed by atoms with van der Waals surface area (Å²) in [5.41, 5.74) is -0.206. The number of rotatable bonds is 0. The van der Waals surface area contributed by atoms with Crippen molar-refractivity contribution in [2.45, 2.75) is 52.4 Å². The van der Waals surface area contributed by atoms with Crippen molar-refractivity contribution in [1.29, 1.82) is 21.0 Å². The van der Waals surface area contributed by atoms with Crippen LogP contribution in [0.15, 0.2) is 12.1 Å². The lowest BCUT2D eigenvalue weighted by atomic mass is 9.93. The van der Waals surface area contributed by atoms with Gasteiger partial charge in [0.1, 0.15) is 35.4 Å². The van der Waals surface area contributed by atoms with Gasteiger partial charge in [0.2, 0.25) is 0 Å². The highest BCUT2D eigenvalue weighted by atomic mass is 32.1. The third kappa shape index (κ3) is 3.36. The molecule has 0 saturated carbocycles. The summed E-state index contributed by atoms with van der Waals surface area (Å²) in [4.78, 5) is 2.14. The third-order valence-electron chi connectivity index (χ3n) is 4.88. The summed E-state index contributed by atoms with van der Waals surface area (Å²) in [6.45, 7) is 12.6. The molecule has 0 spiro atoms. The van der Waals surface area contributed by atoms with E-state index in [4.69, 9.17) is 0 Å². The number of nitriles is 4. The van der Waals surface area contributed by atoms with Crippen molar-refractivity contribution in [3.05, 3.63) is 32.3 Å². The van der Waals surface area contributed by atoms with Gasteiger partial charge in [-0.25, -0.2) is 0 Å². The topological polar surface area (TPSA) is 95.2 Å². The van der Waals surface area contributed by atoms with Crippen molar-refractivity contribution in [3.63, 3.8) is 0 Å². The van der Waals surface area contributed by atoms with Crippen LogP contribution in [-0.4, -0.2) is 0 Å². The molecular formula is C24H20N4S2. The van der Waals surface area contributed by atoms with E-state index in [0.717, 1.165) is 29.9 Å². The van der Waals surface area contributed by atoms with Gasteiger partial charge in [-0.3, -0.25) is 0 Å². The average Bonchev–Trinajstić information content (AvgIpc) is 3.29. The summed E-state index contributed by atoms with van der Waals surface area (Å²) >= 11 is 3.05. The Balaban J connectivity index is 2.86. The van der Waals surface area contributed by atoms with E-state index in [2.05, 4.69) is 65.8 Å². The second-order valence-corrected chi connectivity index (χ2v) is 11.3. The third-order valence-corrected chi connectivity index (χ3v) is 8.04. The molecule has 1 aromatic carbocycles. The van der Waals surface area contributed by atoms with E-state index in [1.165, 1.54) is 22.7 Å². The van der Waals surface area contributed by atoms with Crippen molar-refractivity contribution in [2.75, 3.05) is 0 Å². The highest BCUT2D eigenvalue weighted by molar-refractivity contribution is 7.20. The first-order valence-electron chi connectivity index (χ1n) is 9.37. The van der Waals surface area contributed by atoms with Gasteiger partial charge in [0.05, 0.1) is 0 Å². The predicted octanol–water partition coefficient (Wildman–Crippen LogP) is 5.11. The van der Waals surface area contributed by atoms with Crippen LogP contribution in [0, 0.1) is 45.3 Å². The lowest BCUT2D eigenvalue weighted by Gasteiger charge is -2.15. The van der Waals surface area contributed by atoms with E-state index < -0.39 is 0 Å². The molecule has 0 aliphatic rings. The summed E-state index contributed by atoms with van der Waals surface area (Å²) < 4.78 is 1.56. The van der Waals surface area contributed by atoms with Gasteiger partial charge >= 0.3 is 0 Å². The lowest BCUT2D eigenvalue weighted by Crippen LogP contribution is -2.15. The normalized spacial score (nSPS) is 11.5. The average molecular weight is 429 g/mol. The fraction of sp³-hybridized carbons (Fsp3) is 0.333. The van der Waals surface area contributed by atoms with Crippen LogP contribution in [0.5, 0.6) is 0 Å². The molecular weight excluding hydrogens is 408 g/mol. The molecule has 0 radical (unpaired) electrons. The quantitative estimate of drug-likeness (QED) is 0.497. The van der Waals surface area contributed by atoms with E-state index in [9.17, 15) is 21.0 Å². The summed E-state index contributed by atoms with van der Waals surface area (Å²) in [6.07, 6.45) is 0. The number of hydrogen-bond donors (Lipinski definition) is 0. The summed E-state index contributed by atoms with van der Waals surface area (Å²) in [5.74, 6) is 0. The molecule has 0 aliphatic heterocycles. The minimum Gasteiger partial charge on any atom is -0.192 e. The van der Waals surface area contributed by atoms with Gasteiger partial charge in [0, 0.05) is 40.4 Å². The molecule has 3 aromatic rings. The Morgan fingerprint density at radius 1 is 0.633 bits per heavy atom. The molecule has 0 aliphatic carbocycles. The van der Waals surface area contributed by atoms with Crippen LogP contribution in [0.4, 0.5) is 0 Å². The van der Waals surface area contributed by atoms with Crippen molar-refractivity contribution in [2.24, 2.45) is 0 Å². The molecule has 0 amide bonds. The van der Waals surface area contributed by atoms with Gasteiger partial charge in [0.25, 0.3) is 0 Å². The van der Waals surface area contributed by atoms with Crippen molar-refractivity contribution in [1.82, 2.24) is 0 Å². The van der Waals surface area contributed by atoms with E-state index >= 15 is 0 Å². The molecule has 6 heteroatoms. The van der Waals surface area contributed by atoms with Gasteiger partial charge in [0.15, 0.2) is 0 Å². The number of nitrogens with zero attached hydrogens (tertiary/aromatic N) is 4. The number of hydrogen-bond acceptors (Lipinski definition) is 6. The van der Waals surface area contributed by atoms with Crippen LogP contribution in [-0.2, 0) is 10.8 Å². The second kappa shape index (κ2) is 7.27. The van der Waals surface area contributed by atoms with Crippen LogP contribution in [0.3, 0.4) is 0 Å². The summed E-state index contributed by atoms with van der Waals surface area (Å²) in [5, 5.41) is 41.5. The van der Waals surface area contributed by atoms with E-state index in [1.54, 1.807) is 0 Å². The van der Waals surface area contributed by atoms with Crippen LogP contribution < -0.4 is 10.4 Å². The first kappa shape index (κ1) is 21.5. The monoisotopic (exact) mass is 428 g/mol. The Morgan fingerprint density at radius 2 is 0.933 bits per heavy atom. The summed E-state index contributed by atoms with van der Waals surface area (Å²) in [6, 6.07) is 12.2. The molecule has 0 unspecified atom stereocenters. The van der Waals surface area contributed by atoms with Crippen LogP contribution in [0.1, 0.15) is 51.3 Å². The van der Waals surface area contributed by atoms with Gasteiger partial charge in [-0.15, -0.1) is 22.7 Å². The Bertz CT molecular complexity index is 1280. The predicted molar refractivity (Wildman–Crippen MR) is 123 cm³/mol. The minimum absolute atomic E-state index is 0.0487. The number of thiophene rings is 2. The molecule has 2 heterocycles. The van der Waals surface area contributed by atoms with Gasteiger partial charge in [-0.05, 0) is 23.0 Å². The molecule has 0 fully saturated rings. The molecule has 148 valence electrons. The molecule has 30 heavy (non-hydrogen) atoms. The molecule has 2 aromatic heterocycles. The Kier molecular flexibility index (Phi) is 5.22. The molecule has 0 bridgehead atoms. The standard InChI is InChI=1S/C24H20N4S2/c1-23(2,3)17-7-15-19(13(9-25)10-26)22-16(8-18(30-22)24(4,5)6)20(21(15)29-17)14(11-27)12-28/h7-8H,1-6H3.